The average Bonchev–Trinajstić information content (AvgIpc) is 2.30. The van der Waals surface area contributed by atoms with Crippen LogP contribution >= 0.6 is 15.9 Å². The number of benzene rings is 1. The fourth-order valence-electron chi connectivity index (χ4n) is 1.96. The van der Waals surface area contributed by atoms with Gasteiger partial charge in [0.25, 0.3) is 5.91 Å². The van der Waals surface area contributed by atoms with Gasteiger partial charge in [0.15, 0.2) is 0 Å². The summed E-state index contributed by atoms with van der Waals surface area (Å²) in [6, 6.07) is 7.47. The molecule has 5 heteroatoms. The molecule has 2 rings (SSSR count). The topological polar surface area (TPSA) is 54.9 Å². The van der Waals surface area contributed by atoms with Crippen LogP contribution in [-0.4, -0.2) is 15.9 Å². The van der Waals surface area contributed by atoms with Gasteiger partial charge in [-0.3, -0.25) is 4.79 Å². The summed E-state index contributed by atoms with van der Waals surface area (Å²) in [6.45, 7) is 5.45. The molecule has 0 aliphatic rings. The highest BCUT2D eigenvalue weighted by Gasteiger charge is 2.16. The quantitative estimate of drug-likeness (QED) is 0.922. The van der Waals surface area contributed by atoms with Gasteiger partial charge >= 0.3 is 0 Å². The molecular weight excluding hydrogens is 306 g/mol. The van der Waals surface area contributed by atoms with Crippen molar-refractivity contribution >= 4 is 27.5 Å². The van der Waals surface area contributed by atoms with Crippen LogP contribution in [-0.2, 0) is 0 Å². The van der Waals surface area contributed by atoms with Crippen LogP contribution in [0.1, 0.15) is 27.6 Å². The highest BCUT2D eigenvalue weighted by atomic mass is 79.9. The minimum atomic E-state index is -0.193. The molecule has 1 amide bonds. The number of nitrogens with one attached hydrogen (secondary N) is 1. The van der Waals surface area contributed by atoms with E-state index in [1.165, 1.54) is 0 Å². The summed E-state index contributed by atoms with van der Waals surface area (Å²) < 4.78 is 0.840. The summed E-state index contributed by atoms with van der Waals surface area (Å²) in [5.74, 6) is 0.481. The van der Waals surface area contributed by atoms with E-state index in [9.17, 15) is 4.79 Å². The van der Waals surface area contributed by atoms with E-state index < -0.39 is 0 Å². The van der Waals surface area contributed by atoms with Crippen molar-refractivity contribution in [2.24, 2.45) is 0 Å². The van der Waals surface area contributed by atoms with Gasteiger partial charge in [0.05, 0.1) is 22.6 Å². The maximum atomic E-state index is 12.3. The van der Waals surface area contributed by atoms with Crippen molar-refractivity contribution in [1.29, 1.82) is 0 Å². The third kappa shape index (κ3) is 2.98. The van der Waals surface area contributed by atoms with Gasteiger partial charge in [-0.1, -0.05) is 12.1 Å². The van der Waals surface area contributed by atoms with Crippen molar-refractivity contribution in [1.82, 2.24) is 9.97 Å². The van der Waals surface area contributed by atoms with Gasteiger partial charge in [-0.2, -0.15) is 0 Å². The number of aryl methyl sites for hydroxylation is 3. The first-order valence-electron chi connectivity index (χ1n) is 5.86. The molecule has 0 radical (unpaired) electrons. The highest BCUT2D eigenvalue weighted by molar-refractivity contribution is 9.10. The first kappa shape index (κ1) is 13.7. The van der Waals surface area contributed by atoms with E-state index in [-0.39, 0.29) is 5.91 Å². The van der Waals surface area contributed by atoms with Gasteiger partial charge in [-0.05, 0) is 48.8 Å². The Morgan fingerprint density at radius 2 is 1.68 bits per heavy atom. The first-order valence-corrected chi connectivity index (χ1v) is 6.66. The Hall–Kier alpha value is -1.75. The predicted octanol–water partition coefficient (Wildman–Crippen LogP) is 3.42. The van der Waals surface area contributed by atoms with Crippen LogP contribution in [0.2, 0.25) is 0 Å². The number of rotatable bonds is 2. The Kier molecular flexibility index (Phi) is 3.95. The lowest BCUT2D eigenvalue weighted by atomic mass is 10.1. The summed E-state index contributed by atoms with van der Waals surface area (Å²) in [5, 5.41) is 2.86. The second-order valence-electron chi connectivity index (χ2n) is 4.25. The summed E-state index contributed by atoms with van der Waals surface area (Å²) in [5.41, 5.74) is 2.64. The molecule has 4 nitrogen and oxygen atoms in total. The second kappa shape index (κ2) is 5.48. The maximum absolute atomic E-state index is 12.3. The number of hydrogen-bond donors (Lipinski definition) is 1. The maximum Gasteiger partial charge on any atom is 0.259 e. The molecule has 2 aromatic rings. The standard InChI is InChI=1S/C14H14BrN3O/c1-8-13(9(2)17-10(3)16-8)14(19)18-12-7-5-4-6-11(12)15/h4-7H,1-3H3,(H,18,19). The molecule has 19 heavy (non-hydrogen) atoms. The first-order chi connectivity index (χ1) is 8.99. The van der Waals surface area contributed by atoms with E-state index in [4.69, 9.17) is 0 Å². The molecular formula is C14H14BrN3O. The van der Waals surface area contributed by atoms with Gasteiger partial charge in [0.2, 0.25) is 0 Å². The van der Waals surface area contributed by atoms with Gasteiger partial charge in [-0.15, -0.1) is 0 Å². The molecule has 1 N–H and O–H groups in total. The van der Waals surface area contributed by atoms with Crippen molar-refractivity contribution in [2.45, 2.75) is 20.8 Å². The molecule has 1 aromatic carbocycles. The van der Waals surface area contributed by atoms with E-state index in [2.05, 4.69) is 31.2 Å². The van der Waals surface area contributed by atoms with Crippen LogP contribution in [0, 0.1) is 20.8 Å². The highest BCUT2D eigenvalue weighted by Crippen LogP contribution is 2.22. The fraction of sp³-hybridized carbons (Fsp3) is 0.214. The molecule has 0 aliphatic carbocycles. The third-order valence-electron chi connectivity index (χ3n) is 2.73. The smallest absolute Gasteiger partial charge is 0.259 e. The molecule has 1 aromatic heterocycles. The Balaban J connectivity index is 2.34. The predicted molar refractivity (Wildman–Crippen MR) is 78.3 cm³/mol. The lowest BCUT2D eigenvalue weighted by Crippen LogP contribution is -2.17. The van der Waals surface area contributed by atoms with Crippen LogP contribution < -0.4 is 5.32 Å². The zero-order valence-electron chi connectivity index (χ0n) is 11.0. The molecule has 1 heterocycles. The van der Waals surface area contributed by atoms with Crippen LogP contribution in [0.15, 0.2) is 28.7 Å². The Morgan fingerprint density at radius 1 is 1.11 bits per heavy atom. The molecule has 0 saturated heterocycles. The number of carbonyl (C=O) groups is 1. The normalized spacial score (nSPS) is 10.3. The van der Waals surface area contributed by atoms with Crippen molar-refractivity contribution in [2.75, 3.05) is 5.32 Å². The minimum Gasteiger partial charge on any atom is -0.321 e. The summed E-state index contributed by atoms with van der Waals surface area (Å²) in [6.07, 6.45) is 0. The van der Waals surface area contributed by atoms with Gasteiger partial charge in [0.1, 0.15) is 5.82 Å². The van der Waals surface area contributed by atoms with Crippen molar-refractivity contribution in [3.05, 3.63) is 51.5 Å². The number of aromatic nitrogens is 2. The minimum absolute atomic E-state index is 0.193. The van der Waals surface area contributed by atoms with Crippen LogP contribution in [0.25, 0.3) is 0 Å². The number of halogens is 1. The van der Waals surface area contributed by atoms with Crippen molar-refractivity contribution < 1.29 is 4.79 Å². The number of anilines is 1. The van der Waals surface area contributed by atoms with Crippen molar-refractivity contribution in [3.8, 4) is 0 Å². The Bertz CT molecular complexity index is 617. The molecule has 0 bridgehead atoms. The lowest BCUT2D eigenvalue weighted by molar-refractivity contribution is 0.102. The zero-order valence-corrected chi connectivity index (χ0v) is 12.6. The van der Waals surface area contributed by atoms with E-state index in [1.807, 2.05) is 45.0 Å². The summed E-state index contributed by atoms with van der Waals surface area (Å²) >= 11 is 3.40. The van der Waals surface area contributed by atoms with E-state index >= 15 is 0 Å². The number of nitrogens with zero attached hydrogens (tertiary/aromatic N) is 2. The third-order valence-corrected chi connectivity index (χ3v) is 3.42. The molecule has 0 fully saturated rings. The van der Waals surface area contributed by atoms with Crippen molar-refractivity contribution in [3.63, 3.8) is 0 Å². The molecule has 0 atom stereocenters. The average molecular weight is 320 g/mol. The largest absolute Gasteiger partial charge is 0.321 e. The number of amides is 1. The second-order valence-corrected chi connectivity index (χ2v) is 5.10. The molecule has 98 valence electrons. The molecule has 0 spiro atoms. The fourth-order valence-corrected chi connectivity index (χ4v) is 2.34. The summed E-state index contributed by atoms with van der Waals surface area (Å²) in [4.78, 5) is 20.8. The van der Waals surface area contributed by atoms with E-state index in [0.29, 0.717) is 22.8 Å². The molecule has 0 saturated carbocycles. The van der Waals surface area contributed by atoms with E-state index in [0.717, 1.165) is 10.2 Å². The number of para-hydroxylation sites is 1. The van der Waals surface area contributed by atoms with Crippen LogP contribution in [0.5, 0.6) is 0 Å². The number of carbonyl (C=O) groups excluding carboxylic acids is 1. The van der Waals surface area contributed by atoms with Gasteiger partial charge in [0, 0.05) is 4.47 Å². The molecule has 0 aliphatic heterocycles. The lowest BCUT2D eigenvalue weighted by Gasteiger charge is -2.11. The van der Waals surface area contributed by atoms with E-state index in [1.54, 1.807) is 0 Å². The van der Waals surface area contributed by atoms with Crippen LogP contribution in [0.3, 0.4) is 0 Å². The zero-order chi connectivity index (χ0) is 14.0. The summed E-state index contributed by atoms with van der Waals surface area (Å²) in [7, 11) is 0. The number of hydrogen-bond acceptors (Lipinski definition) is 3. The SMILES string of the molecule is Cc1nc(C)c(C(=O)Nc2ccccc2Br)c(C)n1. The van der Waals surface area contributed by atoms with Crippen LogP contribution in [0.4, 0.5) is 5.69 Å². The Labute approximate surface area is 120 Å². The van der Waals surface area contributed by atoms with Gasteiger partial charge in [-0.25, -0.2) is 9.97 Å². The Morgan fingerprint density at radius 3 is 2.26 bits per heavy atom. The van der Waals surface area contributed by atoms with Gasteiger partial charge < -0.3 is 5.32 Å². The molecule has 0 unspecified atom stereocenters. The monoisotopic (exact) mass is 319 g/mol.